The van der Waals surface area contributed by atoms with Gasteiger partial charge in [-0.15, -0.1) is 0 Å². The molecule has 2 N–H and O–H groups in total. The van der Waals surface area contributed by atoms with E-state index in [0.717, 1.165) is 5.56 Å². The molecule has 1 aromatic carbocycles. The molecule has 0 bridgehead atoms. The zero-order valence-corrected chi connectivity index (χ0v) is 9.40. The summed E-state index contributed by atoms with van der Waals surface area (Å²) < 4.78 is 13.5. The van der Waals surface area contributed by atoms with E-state index in [1.165, 1.54) is 6.07 Å². The van der Waals surface area contributed by atoms with Crippen LogP contribution in [0.4, 0.5) is 4.39 Å². The third kappa shape index (κ3) is 2.07. The van der Waals surface area contributed by atoms with Crippen molar-refractivity contribution < 1.29 is 4.39 Å². The Balaban J connectivity index is 3.25. The van der Waals surface area contributed by atoms with Gasteiger partial charge in [-0.05, 0) is 24.5 Å². The molecule has 0 aliphatic heterocycles. The van der Waals surface area contributed by atoms with Crippen molar-refractivity contribution in [1.29, 1.82) is 0 Å². The van der Waals surface area contributed by atoms with Crippen molar-refractivity contribution >= 4 is 11.6 Å². The second-order valence-corrected chi connectivity index (χ2v) is 4.24. The Labute approximate surface area is 89.1 Å². The predicted octanol–water partition coefficient (Wildman–Crippen LogP) is 3.44. The summed E-state index contributed by atoms with van der Waals surface area (Å²) in [5, 5.41) is 0.450. The van der Waals surface area contributed by atoms with Crippen LogP contribution in [0, 0.1) is 18.7 Å². The van der Waals surface area contributed by atoms with E-state index in [2.05, 4.69) is 0 Å². The molecule has 0 saturated carbocycles. The van der Waals surface area contributed by atoms with Gasteiger partial charge in [0.2, 0.25) is 0 Å². The summed E-state index contributed by atoms with van der Waals surface area (Å²) in [4.78, 5) is 0. The average molecular weight is 216 g/mol. The molecule has 1 nitrogen and oxygen atoms in total. The van der Waals surface area contributed by atoms with Gasteiger partial charge < -0.3 is 5.73 Å². The Kier molecular flexibility index (Phi) is 3.51. The van der Waals surface area contributed by atoms with Crippen LogP contribution in [-0.4, -0.2) is 0 Å². The van der Waals surface area contributed by atoms with E-state index in [1.807, 2.05) is 20.8 Å². The molecule has 0 aromatic heterocycles. The molecule has 0 heterocycles. The van der Waals surface area contributed by atoms with Gasteiger partial charge in [0.05, 0.1) is 5.02 Å². The molecule has 3 heteroatoms. The lowest BCUT2D eigenvalue weighted by atomic mass is 9.95. The van der Waals surface area contributed by atoms with E-state index in [4.69, 9.17) is 17.3 Å². The first-order valence-corrected chi connectivity index (χ1v) is 5.03. The van der Waals surface area contributed by atoms with Crippen molar-refractivity contribution in [3.63, 3.8) is 0 Å². The molecule has 0 aliphatic carbocycles. The van der Waals surface area contributed by atoms with Crippen LogP contribution in [0.5, 0.6) is 0 Å². The maximum absolute atomic E-state index is 13.5. The molecule has 0 spiro atoms. The van der Waals surface area contributed by atoms with Gasteiger partial charge in [-0.3, -0.25) is 0 Å². The van der Waals surface area contributed by atoms with Gasteiger partial charge in [0, 0.05) is 11.6 Å². The smallest absolute Gasteiger partial charge is 0.129 e. The third-order valence-corrected chi connectivity index (χ3v) is 2.87. The topological polar surface area (TPSA) is 26.0 Å². The molecule has 14 heavy (non-hydrogen) atoms. The van der Waals surface area contributed by atoms with Crippen molar-refractivity contribution in [2.75, 3.05) is 0 Å². The molecule has 0 radical (unpaired) electrons. The summed E-state index contributed by atoms with van der Waals surface area (Å²) in [6, 6.07) is 2.73. The fourth-order valence-corrected chi connectivity index (χ4v) is 1.60. The minimum atomic E-state index is -0.345. The minimum Gasteiger partial charge on any atom is -0.324 e. The quantitative estimate of drug-likeness (QED) is 0.804. The Morgan fingerprint density at radius 3 is 2.43 bits per heavy atom. The van der Waals surface area contributed by atoms with Gasteiger partial charge in [0.1, 0.15) is 5.82 Å². The van der Waals surface area contributed by atoms with E-state index in [0.29, 0.717) is 10.6 Å². The van der Waals surface area contributed by atoms with Crippen molar-refractivity contribution in [1.82, 2.24) is 0 Å². The molecular formula is C11H15ClFN. The first-order valence-electron chi connectivity index (χ1n) is 4.65. The Morgan fingerprint density at radius 2 is 1.93 bits per heavy atom. The zero-order chi connectivity index (χ0) is 10.9. The summed E-state index contributed by atoms with van der Waals surface area (Å²) >= 11 is 6.02. The lowest BCUT2D eigenvalue weighted by molar-refractivity contribution is 0.485. The van der Waals surface area contributed by atoms with Gasteiger partial charge >= 0.3 is 0 Å². The fraction of sp³-hybridized carbons (Fsp3) is 0.455. The summed E-state index contributed by atoms with van der Waals surface area (Å²) in [6.45, 7) is 5.74. The maximum Gasteiger partial charge on any atom is 0.129 e. The van der Waals surface area contributed by atoms with Crippen molar-refractivity contribution in [3.8, 4) is 0 Å². The fourth-order valence-electron chi connectivity index (χ4n) is 1.32. The monoisotopic (exact) mass is 215 g/mol. The number of nitrogens with two attached hydrogens (primary N) is 1. The van der Waals surface area contributed by atoms with E-state index < -0.39 is 0 Å². The van der Waals surface area contributed by atoms with E-state index >= 15 is 0 Å². The lowest BCUT2D eigenvalue weighted by Crippen LogP contribution is -2.19. The normalized spacial score (nSPS) is 13.4. The number of halogens is 2. The van der Waals surface area contributed by atoms with Crippen LogP contribution in [0.25, 0.3) is 0 Å². The van der Waals surface area contributed by atoms with Gasteiger partial charge in [-0.2, -0.15) is 0 Å². The van der Waals surface area contributed by atoms with Gasteiger partial charge in [-0.1, -0.05) is 31.5 Å². The Morgan fingerprint density at radius 1 is 1.36 bits per heavy atom. The highest BCUT2D eigenvalue weighted by Gasteiger charge is 2.19. The summed E-state index contributed by atoms with van der Waals surface area (Å²) in [7, 11) is 0. The second-order valence-electron chi connectivity index (χ2n) is 3.86. The first-order chi connectivity index (χ1) is 6.45. The number of hydrogen-bond donors (Lipinski definition) is 1. The molecule has 0 aliphatic rings. The van der Waals surface area contributed by atoms with Gasteiger partial charge in [0.25, 0.3) is 0 Å². The number of rotatable bonds is 2. The largest absolute Gasteiger partial charge is 0.324 e. The zero-order valence-electron chi connectivity index (χ0n) is 8.64. The standard InChI is InChI=1S/C11H15ClFN/c1-6(2)11(14)9-8(13)5-4-7(3)10(9)12/h4-6,11H,14H2,1-3H3/t11-/m0/s1. The van der Waals surface area contributed by atoms with Crippen LogP contribution in [0.15, 0.2) is 12.1 Å². The molecule has 1 atom stereocenters. The van der Waals surface area contributed by atoms with Crippen molar-refractivity contribution in [3.05, 3.63) is 34.1 Å². The van der Waals surface area contributed by atoms with E-state index in [9.17, 15) is 4.39 Å². The van der Waals surface area contributed by atoms with E-state index in [-0.39, 0.29) is 17.8 Å². The van der Waals surface area contributed by atoms with Crippen LogP contribution < -0.4 is 5.73 Å². The molecular weight excluding hydrogens is 201 g/mol. The maximum atomic E-state index is 13.5. The Hall–Kier alpha value is -0.600. The van der Waals surface area contributed by atoms with Gasteiger partial charge in [-0.25, -0.2) is 4.39 Å². The summed E-state index contributed by atoms with van der Waals surface area (Å²) in [5.74, 6) is -0.148. The van der Waals surface area contributed by atoms with E-state index in [1.54, 1.807) is 6.07 Å². The molecule has 1 aromatic rings. The third-order valence-electron chi connectivity index (χ3n) is 2.37. The van der Waals surface area contributed by atoms with Crippen LogP contribution in [-0.2, 0) is 0 Å². The van der Waals surface area contributed by atoms with Crippen LogP contribution in [0.1, 0.15) is 31.0 Å². The number of hydrogen-bond acceptors (Lipinski definition) is 1. The van der Waals surface area contributed by atoms with Crippen molar-refractivity contribution in [2.45, 2.75) is 26.8 Å². The van der Waals surface area contributed by atoms with Crippen LogP contribution in [0.2, 0.25) is 5.02 Å². The van der Waals surface area contributed by atoms with Crippen molar-refractivity contribution in [2.24, 2.45) is 11.7 Å². The average Bonchev–Trinajstić information content (AvgIpc) is 2.12. The first kappa shape index (κ1) is 11.5. The van der Waals surface area contributed by atoms with Crippen LogP contribution >= 0.6 is 11.6 Å². The Bertz CT molecular complexity index is 336. The number of benzene rings is 1. The highest BCUT2D eigenvalue weighted by atomic mass is 35.5. The van der Waals surface area contributed by atoms with Crippen LogP contribution in [0.3, 0.4) is 0 Å². The number of aryl methyl sites for hydroxylation is 1. The predicted molar refractivity (Wildman–Crippen MR) is 57.9 cm³/mol. The molecule has 0 saturated heterocycles. The highest BCUT2D eigenvalue weighted by molar-refractivity contribution is 6.32. The molecule has 0 fully saturated rings. The molecule has 0 amide bonds. The summed E-state index contributed by atoms with van der Waals surface area (Å²) in [6.07, 6.45) is 0. The second kappa shape index (κ2) is 4.28. The summed E-state index contributed by atoms with van der Waals surface area (Å²) in [5.41, 5.74) is 7.18. The highest BCUT2D eigenvalue weighted by Crippen LogP contribution is 2.31. The SMILES string of the molecule is Cc1ccc(F)c([C@@H](N)C(C)C)c1Cl. The minimum absolute atomic E-state index is 0.170. The lowest BCUT2D eigenvalue weighted by Gasteiger charge is -2.19. The molecule has 0 unspecified atom stereocenters. The van der Waals surface area contributed by atoms with Gasteiger partial charge in [0.15, 0.2) is 0 Å². The molecule has 1 rings (SSSR count). The molecule has 78 valence electrons.